The van der Waals surface area contributed by atoms with E-state index in [0.717, 1.165) is 10.9 Å². The number of aliphatic hydroxyl groups is 1. The van der Waals surface area contributed by atoms with Crippen LogP contribution in [-0.2, 0) is 6.61 Å². The number of aromatic nitrogens is 2. The van der Waals surface area contributed by atoms with Gasteiger partial charge in [-0.2, -0.15) is 0 Å². The van der Waals surface area contributed by atoms with Gasteiger partial charge in [-0.25, -0.2) is 0 Å². The summed E-state index contributed by atoms with van der Waals surface area (Å²) in [5, 5.41) is 10.2. The Balaban J connectivity index is 2.06. The zero-order chi connectivity index (χ0) is 13.1. The summed E-state index contributed by atoms with van der Waals surface area (Å²) >= 11 is 0. The molecule has 19 heavy (non-hydrogen) atoms. The van der Waals surface area contributed by atoms with Crippen molar-refractivity contribution in [1.29, 1.82) is 0 Å². The molecule has 2 heterocycles. The van der Waals surface area contributed by atoms with Gasteiger partial charge in [0.2, 0.25) is 0 Å². The number of benzene rings is 1. The lowest BCUT2D eigenvalue weighted by Gasteiger charge is -2.10. The average molecular weight is 252 g/mol. The zero-order valence-corrected chi connectivity index (χ0v) is 10.2. The second-order valence-corrected chi connectivity index (χ2v) is 4.07. The summed E-state index contributed by atoms with van der Waals surface area (Å²) in [5.74, 6) is 1.26. The molecule has 3 rings (SSSR count). The number of aliphatic hydroxyl groups excluding tert-OH is 1. The van der Waals surface area contributed by atoms with E-state index < -0.39 is 0 Å². The maximum Gasteiger partial charge on any atom is 0.151 e. The Morgan fingerprint density at radius 3 is 2.84 bits per heavy atom. The molecule has 94 valence electrons. The van der Waals surface area contributed by atoms with E-state index in [1.807, 2.05) is 30.3 Å². The number of nitrogens with zero attached hydrogens (tertiary/aromatic N) is 2. The molecule has 4 heteroatoms. The number of hydrogen-bond donors (Lipinski definition) is 1. The highest BCUT2D eigenvalue weighted by Crippen LogP contribution is 2.30. The predicted octanol–water partition coefficient (Wildman–Crippen LogP) is 2.91. The fourth-order valence-corrected chi connectivity index (χ4v) is 1.91. The lowest BCUT2D eigenvalue weighted by atomic mass is 10.2. The molecule has 0 radical (unpaired) electrons. The van der Waals surface area contributed by atoms with Crippen LogP contribution in [0.15, 0.2) is 55.0 Å². The Morgan fingerprint density at radius 1 is 1.00 bits per heavy atom. The van der Waals surface area contributed by atoms with Gasteiger partial charge in [0.1, 0.15) is 5.75 Å². The van der Waals surface area contributed by atoms with Crippen LogP contribution in [0.1, 0.15) is 5.56 Å². The molecule has 0 saturated heterocycles. The molecular formula is C15H12N2O2. The van der Waals surface area contributed by atoms with Gasteiger partial charge < -0.3 is 9.84 Å². The van der Waals surface area contributed by atoms with E-state index in [2.05, 4.69) is 9.97 Å². The quantitative estimate of drug-likeness (QED) is 0.778. The van der Waals surface area contributed by atoms with Gasteiger partial charge >= 0.3 is 0 Å². The summed E-state index contributed by atoms with van der Waals surface area (Å²) < 4.78 is 5.85. The molecule has 0 bridgehead atoms. The van der Waals surface area contributed by atoms with E-state index >= 15 is 0 Å². The fourth-order valence-electron chi connectivity index (χ4n) is 1.91. The van der Waals surface area contributed by atoms with Crippen LogP contribution in [0.5, 0.6) is 11.5 Å². The highest BCUT2D eigenvalue weighted by Gasteiger charge is 2.07. The van der Waals surface area contributed by atoms with Crippen molar-refractivity contribution in [3.8, 4) is 11.5 Å². The molecule has 0 saturated carbocycles. The molecule has 0 fully saturated rings. The summed E-state index contributed by atoms with van der Waals surface area (Å²) in [5.41, 5.74) is 1.57. The van der Waals surface area contributed by atoms with Gasteiger partial charge in [0.25, 0.3) is 0 Å². The van der Waals surface area contributed by atoms with Gasteiger partial charge in [-0.15, -0.1) is 0 Å². The number of ether oxygens (including phenoxy) is 1. The fraction of sp³-hybridized carbons (Fsp3) is 0.0667. The number of fused-ring (bicyclic) bond motifs is 1. The molecule has 0 unspecified atom stereocenters. The molecule has 0 amide bonds. The highest BCUT2D eigenvalue weighted by atomic mass is 16.5. The zero-order valence-electron chi connectivity index (χ0n) is 10.2. The van der Waals surface area contributed by atoms with E-state index in [9.17, 15) is 5.11 Å². The third-order valence-electron chi connectivity index (χ3n) is 2.87. The third-order valence-corrected chi connectivity index (χ3v) is 2.87. The van der Waals surface area contributed by atoms with Crippen molar-refractivity contribution in [2.45, 2.75) is 6.61 Å². The predicted molar refractivity (Wildman–Crippen MR) is 72.0 cm³/mol. The molecule has 3 aromatic rings. The Bertz CT molecular complexity index is 708. The second kappa shape index (κ2) is 5.04. The molecule has 2 aromatic heterocycles. The number of rotatable bonds is 3. The van der Waals surface area contributed by atoms with Crippen LogP contribution in [0.3, 0.4) is 0 Å². The van der Waals surface area contributed by atoms with Crippen LogP contribution < -0.4 is 4.74 Å². The smallest absolute Gasteiger partial charge is 0.151 e. The summed E-state index contributed by atoms with van der Waals surface area (Å²) in [4.78, 5) is 8.30. The van der Waals surface area contributed by atoms with Crippen molar-refractivity contribution in [1.82, 2.24) is 9.97 Å². The maximum atomic E-state index is 9.29. The normalized spacial score (nSPS) is 10.6. The van der Waals surface area contributed by atoms with Crippen molar-refractivity contribution >= 4 is 10.9 Å². The van der Waals surface area contributed by atoms with Gasteiger partial charge in [0.05, 0.1) is 18.3 Å². The third kappa shape index (κ3) is 2.26. The van der Waals surface area contributed by atoms with Crippen LogP contribution in [-0.4, -0.2) is 15.1 Å². The molecule has 0 atom stereocenters. The van der Waals surface area contributed by atoms with Crippen LogP contribution in [0.25, 0.3) is 10.9 Å². The molecule has 4 nitrogen and oxygen atoms in total. The van der Waals surface area contributed by atoms with Gasteiger partial charge in [0, 0.05) is 23.3 Å². The lowest BCUT2D eigenvalue weighted by molar-refractivity contribution is 0.276. The van der Waals surface area contributed by atoms with Crippen molar-refractivity contribution in [3.63, 3.8) is 0 Å². The van der Waals surface area contributed by atoms with Crippen LogP contribution in [0.4, 0.5) is 0 Å². The summed E-state index contributed by atoms with van der Waals surface area (Å²) in [7, 11) is 0. The van der Waals surface area contributed by atoms with E-state index in [4.69, 9.17) is 4.74 Å². The molecule has 0 aliphatic rings. The monoisotopic (exact) mass is 252 g/mol. The number of hydrogen-bond acceptors (Lipinski definition) is 4. The topological polar surface area (TPSA) is 55.2 Å². The Kier molecular flexibility index (Phi) is 3.08. The molecule has 0 aliphatic carbocycles. The molecule has 0 aliphatic heterocycles. The Morgan fingerprint density at radius 2 is 1.95 bits per heavy atom. The van der Waals surface area contributed by atoms with Crippen LogP contribution in [0.2, 0.25) is 0 Å². The van der Waals surface area contributed by atoms with E-state index in [1.54, 1.807) is 24.7 Å². The van der Waals surface area contributed by atoms with E-state index in [-0.39, 0.29) is 6.61 Å². The molecule has 1 aromatic carbocycles. The van der Waals surface area contributed by atoms with Crippen molar-refractivity contribution < 1.29 is 9.84 Å². The minimum absolute atomic E-state index is 0.0825. The minimum atomic E-state index is -0.0825. The van der Waals surface area contributed by atoms with Gasteiger partial charge in [0.15, 0.2) is 5.75 Å². The summed E-state index contributed by atoms with van der Waals surface area (Å²) in [6.45, 7) is -0.0825. The average Bonchev–Trinajstić information content (AvgIpc) is 2.48. The first-order valence-corrected chi connectivity index (χ1v) is 5.94. The number of pyridine rings is 2. The van der Waals surface area contributed by atoms with Gasteiger partial charge in [-0.05, 0) is 30.3 Å². The van der Waals surface area contributed by atoms with E-state index in [1.165, 1.54) is 0 Å². The minimum Gasteiger partial charge on any atom is -0.455 e. The standard InChI is InChI=1S/C15H12N2O2/c18-10-11-6-8-16-9-15(11)19-14-5-1-4-13-12(14)3-2-7-17-13/h1-9,18H,10H2. The summed E-state index contributed by atoms with van der Waals surface area (Å²) in [6.07, 6.45) is 4.97. The molecular weight excluding hydrogens is 240 g/mol. The van der Waals surface area contributed by atoms with Crippen molar-refractivity contribution in [2.75, 3.05) is 0 Å². The largest absolute Gasteiger partial charge is 0.455 e. The SMILES string of the molecule is OCc1ccncc1Oc1cccc2ncccc12. The maximum absolute atomic E-state index is 9.29. The summed E-state index contributed by atoms with van der Waals surface area (Å²) in [6, 6.07) is 11.2. The lowest BCUT2D eigenvalue weighted by Crippen LogP contribution is -1.93. The van der Waals surface area contributed by atoms with Gasteiger partial charge in [-0.3, -0.25) is 9.97 Å². The Labute approximate surface area is 110 Å². The highest BCUT2D eigenvalue weighted by molar-refractivity contribution is 5.85. The Hall–Kier alpha value is -2.46. The van der Waals surface area contributed by atoms with Crippen molar-refractivity contribution in [3.05, 3.63) is 60.6 Å². The van der Waals surface area contributed by atoms with Crippen LogP contribution in [0, 0.1) is 0 Å². The molecule has 1 N–H and O–H groups in total. The first-order chi connectivity index (χ1) is 9.38. The van der Waals surface area contributed by atoms with Gasteiger partial charge in [-0.1, -0.05) is 6.07 Å². The first-order valence-electron chi connectivity index (χ1n) is 5.94. The second-order valence-electron chi connectivity index (χ2n) is 4.07. The van der Waals surface area contributed by atoms with E-state index in [0.29, 0.717) is 17.1 Å². The first kappa shape index (κ1) is 11.6. The van der Waals surface area contributed by atoms with Crippen molar-refractivity contribution in [2.24, 2.45) is 0 Å². The molecule has 0 spiro atoms. The van der Waals surface area contributed by atoms with Crippen LogP contribution >= 0.6 is 0 Å².